The van der Waals surface area contributed by atoms with E-state index in [-0.39, 0.29) is 111 Å². The number of ketones is 5. The number of para-hydroxylation sites is 1. The van der Waals surface area contributed by atoms with E-state index >= 15 is 0 Å². The van der Waals surface area contributed by atoms with Crippen molar-refractivity contribution in [1.29, 1.82) is 0 Å². The number of carboxylic acid groups (broad SMARTS) is 1. The van der Waals surface area contributed by atoms with Gasteiger partial charge in [0.25, 0.3) is 0 Å². The molecule has 0 aliphatic rings. The number of primary amides is 1. The number of thioether (sulfide) groups is 1. The number of Topliss-reactive ketones (excluding diaryl/α,β-unsaturated/α-hetero) is 5. The average molecular weight is 1630 g/mol. The second kappa shape index (κ2) is 59.1. The first-order valence-corrected chi connectivity index (χ1v) is 43.3. The third-order valence-corrected chi connectivity index (χ3v) is 21.9. The summed E-state index contributed by atoms with van der Waals surface area (Å²) in [5, 5.41) is 34.6. The Balaban J connectivity index is 0.000000791. The Hall–Kier alpha value is -8.57. The number of benzene rings is 2. The highest BCUT2D eigenvalue weighted by atomic mass is 32.2. The molecular formula is C86H142N14O14S. The van der Waals surface area contributed by atoms with Gasteiger partial charge in [-0.15, -0.1) is 0 Å². The van der Waals surface area contributed by atoms with E-state index in [1.165, 1.54) is 83.5 Å². The summed E-state index contributed by atoms with van der Waals surface area (Å²) < 4.78 is 0. The second-order valence-electron chi connectivity index (χ2n) is 31.5. The molecule has 0 bridgehead atoms. The minimum atomic E-state index is -1.39. The molecule has 0 radical (unpaired) electrons. The minimum absolute atomic E-state index is 0.00288. The molecule has 3 rings (SSSR count). The molecule has 0 aliphatic heterocycles. The van der Waals surface area contributed by atoms with Crippen LogP contribution in [0.15, 0.2) is 70.8 Å². The van der Waals surface area contributed by atoms with Crippen LogP contribution >= 0.6 is 11.8 Å². The van der Waals surface area contributed by atoms with E-state index in [0.29, 0.717) is 83.1 Å². The molecule has 2 aromatic carbocycles. The first-order valence-electron chi connectivity index (χ1n) is 41.9. The SMILES string of the molecule is CCCCCCCCCCCCCCCC(=O)N[C@H](C(=O)C[C@@H](CC(=O)O)C(=O)N[C@@H](CCCN=C(N)N)C(=O)C[C@@H](CC(C)C)C(=O)NC)[C@@H](C)O.CC[C@H](C)[C@H](CC(=O)[C@H](Cc1ccccc1)NC(=O)[C@H](CCSC)CC(=O)[C@H](Cc1c[nH]c2ccccc12)NC(=O)[C@H](CCCCN)CC(=O)[C@@H](C)CCCN=C(N)N)C(N)=O. The molecule has 1 heterocycles. The van der Waals surface area contributed by atoms with Crippen LogP contribution in [0.25, 0.3) is 10.9 Å². The van der Waals surface area contributed by atoms with Crippen LogP contribution in [0, 0.1) is 47.3 Å². The van der Waals surface area contributed by atoms with Gasteiger partial charge in [-0.2, -0.15) is 11.8 Å². The zero-order chi connectivity index (χ0) is 85.8. The van der Waals surface area contributed by atoms with Crippen molar-refractivity contribution in [2.75, 3.05) is 38.7 Å². The summed E-state index contributed by atoms with van der Waals surface area (Å²) >= 11 is 1.53. The molecule has 0 saturated heterocycles. The molecule has 646 valence electrons. The Morgan fingerprint density at radius 3 is 1.56 bits per heavy atom. The molecule has 0 unspecified atom stereocenters. The Kier molecular flexibility index (Phi) is 52.7. The molecule has 29 heteroatoms. The Morgan fingerprint density at radius 2 is 1.02 bits per heavy atom. The average Bonchev–Trinajstić information content (AvgIpc) is 1.71. The molecule has 6 amide bonds. The van der Waals surface area contributed by atoms with Crippen molar-refractivity contribution in [2.45, 2.75) is 284 Å². The number of hydrogen-bond donors (Lipinski definition) is 14. The summed E-state index contributed by atoms with van der Waals surface area (Å²) in [6, 6.07) is 12.5. The molecule has 1 aromatic heterocycles. The minimum Gasteiger partial charge on any atom is -0.481 e. The Labute approximate surface area is 687 Å². The summed E-state index contributed by atoms with van der Waals surface area (Å²) in [5.41, 5.74) is 35.8. The predicted octanol–water partition coefficient (Wildman–Crippen LogP) is 9.04. The van der Waals surface area contributed by atoms with Gasteiger partial charge < -0.3 is 76.2 Å². The van der Waals surface area contributed by atoms with Gasteiger partial charge >= 0.3 is 5.97 Å². The van der Waals surface area contributed by atoms with Gasteiger partial charge in [0.15, 0.2) is 35.1 Å². The smallest absolute Gasteiger partial charge is 0.304 e. The van der Waals surface area contributed by atoms with Crippen LogP contribution in [0.3, 0.4) is 0 Å². The first kappa shape index (κ1) is 103. The van der Waals surface area contributed by atoms with E-state index in [1.54, 1.807) is 0 Å². The number of guanidine groups is 2. The van der Waals surface area contributed by atoms with Crippen LogP contribution in [0.2, 0.25) is 0 Å². The third kappa shape index (κ3) is 43.3. The van der Waals surface area contributed by atoms with Crippen molar-refractivity contribution in [2.24, 2.45) is 91.7 Å². The molecule has 0 fully saturated rings. The van der Waals surface area contributed by atoms with Gasteiger partial charge in [-0.05, 0) is 119 Å². The number of aliphatic imine (C=N–C) groups is 2. The maximum atomic E-state index is 14.6. The van der Waals surface area contributed by atoms with Gasteiger partial charge in [-0.1, -0.05) is 180 Å². The molecule has 12 atom stereocenters. The number of hydrogen-bond acceptors (Lipinski definition) is 17. The number of unbranched alkanes of at least 4 members (excludes halogenated alkanes) is 13. The number of aromatic nitrogens is 1. The van der Waals surface area contributed by atoms with E-state index in [0.717, 1.165) is 41.3 Å². The normalized spacial score (nSPS) is 14.4. The fraction of sp³-hybridized carbons (Fsp3) is 0.674. The second-order valence-corrected chi connectivity index (χ2v) is 32.4. The highest BCUT2D eigenvalue weighted by Gasteiger charge is 2.37. The summed E-state index contributed by atoms with van der Waals surface area (Å²) in [6.45, 7) is 14.0. The number of carboxylic acids is 1. The van der Waals surface area contributed by atoms with E-state index in [9.17, 15) is 67.7 Å². The molecule has 0 saturated carbocycles. The molecule has 20 N–H and O–H groups in total. The predicted molar refractivity (Wildman–Crippen MR) is 457 cm³/mol. The highest BCUT2D eigenvalue weighted by Crippen LogP contribution is 2.27. The number of carbonyl (C=O) groups is 12. The molecule has 0 aliphatic carbocycles. The zero-order valence-corrected chi connectivity index (χ0v) is 71.1. The number of carbonyl (C=O) groups excluding carboxylic acids is 11. The lowest BCUT2D eigenvalue weighted by atomic mass is 9.84. The number of fused-ring (bicyclic) bond motifs is 1. The number of aliphatic hydroxyl groups excluding tert-OH is 1. The summed E-state index contributed by atoms with van der Waals surface area (Å²) in [4.78, 5) is 172. The first-order chi connectivity index (χ1) is 54.8. The Morgan fingerprint density at radius 1 is 0.513 bits per heavy atom. The molecular weight excluding hydrogens is 1490 g/mol. The number of nitrogens with zero attached hydrogens (tertiary/aromatic N) is 2. The van der Waals surface area contributed by atoms with Crippen molar-refractivity contribution in [3.63, 3.8) is 0 Å². The van der Waals surface area contributed by atoms with Crippen molar-refractivity contribution >= 4 is 105 Å². The number of nitrogens with one attached hydrogen (secondary N) is 6. The summed E-state index contributed by atoms with van der Waals surface area (Å²) in [5.74, 6) is -10.4. The van der Waals surface area contributed by atoms with Gasteiger partial charge in [-0.25, -0.2) is 0 Å². The Bertz CT molecular complexity index is 3490. The van der Waals surface area contributed by atoms with Crippen LogP contribution in [0.5, 0.6) is 0 Å². The van der Waals surface area contributed by atoms with Gasteiger partial charge in [0.1, 0.15) is 11.8 Å². The third-order valence-electron chi connectivity index (χ3n) is 21.2. The van der Waals surface area contributed by atoms with E-state index in [1.807, 2.05) is 102 Å². The van der Waals surface area contributed by atoms with Crippen molar-refractivity contribution in [3.05, 3.63) is 71.9 Å². The van der Waals surface area contributed by atoms with Crippen LogP contribution in [0.4, 0.5) is 0 Å². The monoisotopic (exact) mass is 1630 g/mol. The van der Waals surface area contributed by atoms with Crippen LogP contribution in [-0.4, -0.2) is 166 Å². The van der Waals surface area contributed by atoms with Gasteiger partial charge in [0.05, 0.1) is 36.6 Å². The number of nitrogens with two attached hydrogens (primary N) is 6. The highest BCUT2D eigenvalue weighted by molar-refractivity contribution is 7.98. The molecule has 0 spiro atoms. The number of rotatable bonds is 64. The number of aliphatic carboxylic acids is 1. The van der Waals surface area contributed by atoms with Crippen molar-refractivity contribution in [3.8, 4) is 0 Å². The molecule has 3 aromatic rings. The lowest BCUT2D eigenvalue weighted by Gasteiger charge is -2.26. The lowest BCUT2D eigenvalue weighted by molar-refractivity contribution is -0.143. The topological polar surface area (TPSA) is 502 Å². The van der Waals surface area contributed by atoms with Crippen molar-refractivity contribution in [1.82, 2.24) is 31.6 Å². The number of aliphatic hydroxyl groups is 1. The fourth-order valence-electron chi connectivity index (χ4n) is 14.1. The van der Waals surface area contributed by atoms with E-state index in [4.69, 9.17) is 34.4 Å². The zero-order valence-electron chi connectivity index (χ0n) is 70.3. The maximum absolute atomic E-state index is 14.6. The summed E-state index contributed by atoms with van der Waals surface area (Å²) in [7, 11) is 1.48. The lowest BCUT2D eigenvalue weighted by Crippen LogP contribution is -2.50. The summed E-state index contributed by atoms with van der Waals surface area (Å²) in [6.07, 6.45) is 20.9. The van der Waals surface area contributed by atoms with Crippen LogP contribution < -0.4 is 61.0 Å². The largest absolute Gasteiger partial charge is 0.481 e. The van der Waals surface area contributed by atoms with E-state index < -0.39 is 120 Å². The van der Waals surface area contributed by atoms with Gasteiger partial charge in [0, 0.05) is 112 Å². The van der Waals surface area contributed by atoms with Crippen molar-refractivity contribution < 1.29 is 67.7 Å². The molecule has 28 nitrogen and oxygen atoms in total. The van der Waals surface area contributed by atoms with Crippen LogP contribution in [-0.2, 0) is 70.4 Å². The number of aromatic amines is 1. The van der Waals surface area contributed by atoms with Crippen LogP contribution in [0.1, 0.15) is 252 Å². The fourth-order valence-corrected chi connectivity index (χ4v) is 14.6. The van der Waals surface area contributed by atoms with E-state index in [2.05, 4.69) is 48.5 Å². The maximum Gasteiger partial charge on any atom is 0.304 e. The number of amides is 6. The molecule has 115 heavy (non-hydrogen) atoms. The van der Waals surface area contributed by atoms with Gasteiger partial charge in [0.2, 0.25) is 35.4 Å². The standard InChI is InChI=1S/C47H70N8O6S.C39H72N6O8/c1-5-30(2)37(44(49)59)28-43(58)39(24-32-15-7-6-8-16-32)54-46(61)34(20-23-62-4)27-42(57)40(25-35-29-53-38-19-10-9-18-36(35)38)55-45(60)33(17-11-12-21-48)26-41(56)31(3)14-13-22-52-47(50)51;1-6-7-8-9-10-11-12-13-14-15-16-17-18-21-34(49)45-36(28(4)46)33(48)25-30(26-35(50)51)38(53)44-31(20-19-22-43-39(40)41)32(47)24-29(23-27(2)3)37(52)42-5/h6-10,15-16,18-19,29-31,33-34,37,39-40,53H,5,11-14,17,20-28,48H2,1-4H3,(H2,49,59)(H,54,61)(H,55,60)(H4,50,51,52);27-31,36,46H,6-26H2,1-5H3,(H,42,52)(H,44,53)(H,45,49)(H,50,51)(H4,40,41,43)/t30-,31-,33+,34+,37-,39-,40-;28-,29-,30+,31+,36+/m01/s1. The quantitative estimate of drug-likeness (QED) is 0.0142. The van der Waals surface area contributed by atoms with Gasteiger partial charge in [-0.3, -0.25) is 67.5 Å². The number of H-pyrrole nitrogens is 1.